The lowest BCUT2D eigenvalue weighted by molar-refractivity contribution is 0.0929. The van der Waals surface area contributed by atoms with Gasteiger partial charge >= 0.3 is 0 Å². The molecule has 1 atom stereocenters. The van der Waals surface area contributed by atoms with Gasteiger partial charge in [0.1, 0.15) is 22.3 Å². The first-order valence-corrected chi connectivity index (χ1v) is 8.21. The molecule has 0 aliphatic heterocycles. The van der Waals surface area contributed by atoms with Gasteiger partial charge in [0.2, 0.25) is 0 Å². The molecule has 0 aliphatic rings. The van der Waals surface area contributed by atoms with E-state index in [4.69, 9.17) is 5.73 Å². The van der Waals surface area contributed by atoms with Gasteiger partial charge in [-0.3, -0.25) is 4.79 Å². The first-order chi connectivity index (χ1) is 10.9. The van der Waals surface area contributed by atoms with Crippen molar-refractivity contribution in [1.29, 1.82) is 0 Å². The minimum atomic E-state index is -0.703. The maximum absolute atomic E-state index is 13.8. The van der Waals surface area contributed by atoms with Crippen LogP contribution in [-0.4, -0.2) is 23.5 Å². The zero-order chi connectivity index (χ0) is 17.0. The van der Waals surface area contributed by atoms with Crippen LogP contribution in [0.2, 0.25) is 0 Å². The topological polar surface area (TPSA) is 68.0 Å². The molecule has 1 aromatic carbocycles. The molecule has 0 saturated carbocycles. The average Bonchev–Trinajstić information content (AvgIpc) is 2.95. The highest BCUT2D eigenvalue weighted by molar-refractivity contribution is 7.13. The fourth-order valence-electron chi connectivity index (χ4n) is 2.24. The van der Waals surface area contributed by atoms with Crippen LogP contribution < -0.4 is 11.1 Å². The number of halogens is 2. The second-order valence-electron chi connectivity index (χ2n) is 5.67. The highest BCUT2D eigenvalue weighted by Gasteiger charge is 2.19. The lowest BCUT2D eigenvalue weighted by Crippen LogP contribution is -2.41. The molecule has 1 heterocycles. The normalized spacial score (nSPS) is 12.4. The molecular formula is C16H19F2N3OS. The number of rotatable bonds is 6. The van der Waals surface area contributed by atoms with Crippen molar-refractivity contribution >= 4 is 17.2 Å². The summed E-state index contributed by atoms with van der Waals surface area (Å²) in [5.41, 5.74) is 5.57. The molecule has 1 unspecified atom stereocenters. The second kappa shape index (κ2) is 7.61. The molecule has 124 valence electrons. The van der Waals surface area contributed by atoms with Crippen molar-refractivity contribution in [2.24, 2.45) is 11.7 Å². The van der Waals surface area contributed by atoms with Gasteiger partial charge in [-0.2, -0.15) is 0 Å². The molecule has 0 spiro atoms. The van der Waals surface area contributed by atoms with E-state index in [0.29, 0.717) is 12.5 Å². The van der Waals surface area contributed by atoms with Crippen LogP contribution in [0.3, 0.4) is 0 Å². The Labute approximate surface area is 137 Å². The molecule has 23 heavy (non-hydrogen) atoms. The second-order valence-corrected chi connectivity index (χ2v) is 6.53. The van der Waals surface area contributed by atoms with E-state index in [0.717, 1.165) is 29.9 Å². The van der Waals surface area contributed by atoms with Crippen molar-refractivity contribution in [3.63, 3.8) is 0 Å². The van der Waals surface area contributed by atoms with Crippen LogP contribution in [-0.2, 0) is 0 Å². The Hall–Kier alpha value is -1.86. The molecule has 3 N–H and O–H groups in total. The molecule has 1 aromatic heterocycles. The predicted octanol–water partition coefficient (Wildman–Crippen LogP) is 3.19. The molecule has 2 rings (SSSR count). The molecule has 0 bridgehead atoms. The third-order valence-electron chi connectivity index (χ3n) is 3.29. The van der Waals surface area contributed by atoms with Gasteiger partial charge in [-0.1, -0.05) is 19.9 Å². The number of amides is 1. The first-order valence-electron chi connectivity index (χ1n) is 7.33. The third-order valence-corrected chi connectivity index (χ3v) is 4.15. The molecule has 1 amide bonds. The summed E-state index contributed by atoms with van der Waals surface area (Å²) in [6.07, 6.45) is 0.751. The van der Waals surface area contributed by atoms with Crippen LogP contribution in [0.15, 0.2) is 23.6 Å². The van der Waals surface area contributed by atoms with Crippen LogP contribution in [0, 0.1) is 17.6 Å². The monoisotopic (exact) mass is 339 g/mol. The van der Waals surface area contributed by atoms with Gasteiger partial charge in [-0.15, -0.1) is 11.3 Å². The fourth-order valence-corrected chi connectivity index (χ4v) is 3.08. The van der Waals surface area contributed by atoms with Crippen LogP contribution in [0.25, 0.3) is 10.6 Å². The summed E-state index contributed by atoms with van der Waals surface area (Å²) in [6, 6.07) is 3.45. The maximum atomic E-state index is 13.8. The zero-order valence-corrected chi connectivity index (χ0v) is 13.8. The Kier molecular flexibility index (Phi) is 5.79. The summed E-state index contributed by atoms with van der Waals surface area (Å²) in [7, 11) is 0. The molecule has 0 radical (unpaired) electrons. The number of hydrogen-bond acceptors (Lipinski definition) is 4. The Bertz CT molecular complexity index is 667. The summed E-state index contributed by atoms with van der Waals surface area (Å²) in [4.78, 5) is 16.3. The standard InChI is InChI=1S/C16H19F2N3OS/c1-9(2)6-10(7-19)20-15(22)13-8-23-16(21-13)14-11(17)4-3-5-12(14)18/h3-5,8-10H,6-7,19H2,1-2H3,(H,20,22). The molecule has 4 nitrogen and oxygen atoms in total. The molecule has 2 aromatic rings. The summed E-state index contributed by atoms with van der Waals surface area (Å²) in [5, 5.41) is 4.42. The molecule has 0 saturated heterocycles. The van der Waals surface area contributed by atoms with E-state index in [9.17, 15) is 13.6 Å². The quantitative estimate of drug-likeness (QED) is 0.849. The van der Waals surface area contributed by atoms with Crippen molar-refractivity contribution in [2.45, 2.75) is 26.3 Å². The SMILES string of the molecule is CC(C)CC(CN)NC(=O)c1csc(-c2c(F)cccc2F)n1. The summed E-state index contributed by atoms with van der Waals surface area (Å²) in [5.74, 6) is -1.40. The number of hydrogen-bond donors (Lipinski definition) is 2. The Morgan fingerprint density at radius 1 is 1.35 bits per heavy atom. The first kappa shape index (κ1) is 17.5. The van der Waals surface area contributed by atoms with Crippen molar-refractivity contribution in [3.8, 4) is 10.6 Å². The lowest BCUT2D eigenvalue weighted by Gasteiger charge is -2.18. The molecule has 7 heteroatoms. The summed E-state index contributed by atoms with van der Waals surface area (Å²) < 4.78 is 27.5. The van der Waals surface area contributed by atoms with E-state index in [1.807, 2.05) is 13.8 Å². The van der Waals surface area contributed by atoms with Gasteiger partial charge in [-0.25, -0.2) is 13.8 Å². The van der Waals surface area contributed by atoms with Crippen LogP contribution in [0.5, 0.6) is 0 Å². The highest BCUT2D eigenvalue weighted by Crippen LogP contribution is 2.28. The largest absolute Gasteiger partial charge is 0.347 e. The average molecular weight is 339 g/mol. The van der Waals surface area contributed by atoms with Crippen molar-refractivity contribution in [2.75, 3.05) is 6.54 Å². The summed E-state index contributed by atoms with van der Waals surface area (Å²) >= 11 is 1.02. The van der Waals surface area contributed by atoms with Gasteiger partial charge < -0.3 is 11.1 Å². The smallest absolute Gasteiger partial charge is 0.271 e. The van der Waals surface area contributed by atoms with Crippen LogP contribution in [0.4, 0.5) is 8.78 Å². The number of nitrogens with one attached hydrogen (secondary N) is 1. The van der Waals surface area contributed by atoms with Crippen molar-refractivity contribution in [1.82, 2.24) is 10.3 Å². The van der Waals surface area contributed by atoms with E-state index in [2.05, 4.69) is 10.3 Å². The van der Waals surface area contributed by atoms with Gasteiger partial charge in [0.15, 0.2) is 0 Å². The molecule has 0 fully saturated rings. The van der Waals surface area contributed by atoms with Crippen molar-refractivity contribution < 1.29 is 13.6 Å². The van der Waals surface area contributed by atoms with Gasteiger partial charge in [0.25, 0.3) is 5.91 Å². The minimum Gasteiger partial charge on any atom is -0.347 e. The number of aromatic nitrogens is 1. The number of nitrogens with two attached hydrogens (primary N) is 1. The lowest BCUT2D eigenvalue weighted by atomic mass is 10.0. The fraction of sp³-hybridized carbons (Fsp3) is 0.375. The van der Waals surface area contributed by atoms with Gasteiger partial charge in [0.05, 0.1) is 5.56 Å². The summed E-state index contributed by atoms with van der Waals surface area (Å²) in [6.45, 7) is 4.40. The zero-order valence-electron chi connectivity index (χ0n) is 13.0. The van der Waals surface area contributed by atoms with Crippen LogP contribution in [0.1, 0.15) is 30.8 Å². The highest BCUT2D eigenvalue weighted by atomic mass is 32.1. The maximum Gasteiger partial charge on any atom is 0.271 e. The predicted molar refractivity (Wildman–Crippen MR) is 87.2 cm³/mol. The Balaban J connectivity index is 2.17. The van der Waals surface area contributed by atoms with Crippen LogP contribution >= 0.6 is 11.3 Å². The number of carbonyl (C=O) groups excluding carboxylic acids is 1. The Morgan fingerprint density at radius 2 is 2.00 bits per heavy atom. The molecular weight excluding hydrogens is 320 g/mol. The van der Waals surface area contributed by atoms with E-state index in [1.165, 1.54) is 11.4 Å². The van der Waals surface area contributed by atoms with E-state index in [1.54, 1.807) is 0 Å². The van der Waals surface area contributed by atoms with Gasteiger partial charge in [-0.05, 0) is 24.5 Å². The van der Waals surface area contributed by atoms with Gasteiger partial charge in [0, 0.05) is 18.0 Å². The number of benzene rings is 1. The van der Waals surface area contributed by atoms with Crippen molar-refractivity contribution in [3.05, 3.63) is 40.9 Å². The third kappa shape index (κ3) is 4.33. The number of thiazole rings is 1. The Morgan fingerprint density at radius 3 is 2.57 bits per heavy atom. The molecule has 0 aliphatic carbocycles. The number of nitrogens with zero attached hydrogens (tertiary/aromatic N) is 1. The van der Waals surface area contributed by atoms with E-state index >= 15 is 0 Å². The minimum absolute atomic E-state index is 0.134. The number of carbonyl (C=O) groups is 1. The van der Waals surface area contributed by atoms with E-state index in [-0.39, 0.29) is 28.2 Å². The van der Waals surface area contributed by atoms with E-state index < -0.39 is 11.6 Å².